The zero-order valence-electron chi connectivity index (χ0n) is 10.5. The molecular weight excluding hydrogens is 292 g/mol. The van der Waals surface area contributed by atoms with Gasteiger partial charge in [-0.2, -0.15) is 0 Å². The molecule has 0 saturated heterocycles. The number of aromatic nitrogens is 1. The van der Waals surface area contributed by atoms with Gasteiger partial charge in [0.1, 0.15) is 5.02 Å². The van der Waals surface area contributed by atoms with E-state index in [9.17, 15) is 14.9 Å². The average molecular weight is 299 g/mol. The molecular formula is C15H7ClN2O3. The van der Waals surface area contributed by atoms with Crippen LogP contribution in [0.15, 0.2) is 47.3 Å². The zero-order valence-corrected chi connectivity index (χ0v) is 11.3. The van der Waals surface area contributed by atoms with Gasteiger partial charge in [-0.1, -0.05) is 48.0 Å². The fourth-order valence-electron chi connectivity index (χ4n) is 2.89. The third kappa shape index (κ3) is 1.38. The lowest BCUT2D eigenvalue weighted by Gasteiger charge is -2.03. The van der Waals surface area contributed by atoms with Crippen LogP contribution >= 0.6 is 11.6 Å². The molecule has 2 aromatic carbocycles. The number of hydrogen-bond acceptors (Lipinski definition) is 3. The van der Waals surface area contributed by atoms with Crippen LogP contribution in [0.4, 0.5) is 5.69 Å². The van der Waals surface area contributed by atoms with E-state index in [1.54, 1.807) is 24.3 Å². The molecule has 0 N–H and O–H groups in total. The maximum atomic E-state index is 12.5. The van der Waals surface area contributed by atoms with Gasteiger partial charge < -0.3 is 0 Å². The molecule has 102 valence electrons. The van der Waals surface area contributed by atoms with Gasteiger partial charge in [-0.05, 0) is 6.07 Å². The van der Waals surface area contributed by atoms with E-state index in [1.165, 1.54) is 4.40 Å². The summed E-state index contributed by atoms with van der Waals surface area (Å²) >= 11 is 6.10. The van der Waals surface area contributed by atoms with Crippen LogP contribution in [-0.2, 0) is 0 Å². The van der Waals surface area contributed by atoms with E-state index in [4.69, 9.17) is 11.6 Å². The summed E-state index contributed by atoms with van der Waals surface area (Å²) in [5.41, 5.74) is -0.0133. The smallest absolute Gasteiger partial charge is 0.270 e. The van der Waals surface area contributed by atoms with E-state index in [0.717, 1.165) is 10.8 Å². The summed E-state index contributed by atoms with van der Waals surface area (Å²) in [6.07, 6.45) is 0. The minimum atomic E-state index is -0.721. The molecule has 2 aromatic heterocycles. The van der Waals surface area contributed by atoms with E-state index in [-0.39, 0.29) is 5.02 Å². The molecule has 0 bridgehead atoms. The zero-order chi connectivity index (χ0) is 14.7. The van der Waals surface area contributed by atoms with E-state index in [0.29, 0.717) is 16.4 Å². The lowest BCUT2D eigenvalue weighted by atomic mass is 10.1. The minimum Gasteiger partial charge on any atom is -0.270 e. The van der Waals surface area contributed by atoms with Crippen LogP contribution in [0.1, 0.15) is 0 Å². The molecule has 2 heterocycles. The molecule has 6 heteroatoms. The molecule has 4 aromatic rings. The molecule has 0 amide bonds. The van der Waals surface area contributed by atoms with Gasteiger partial charge in [0.05, 0.1) is 16.0 Å². The lowest BCUT2D eigenvalue weighted by molar-refractivity contribution is -0.386. The van der Waals surface area contributed by atoms with Gasteiger partial charge in [-0.25, -0.2) is 0 Å². The summed E-state index contributed by atoms with van der Waals surface area (Å²) in [7, 11) is 0. The Kier molecular flexibility index (Phi) is 2.26. The monoisotopic (exact) mass is 298 g/mol. The summed E-state index contributed by atoms with van der Waals surface area (Å²) in [4.78, 5) is 23.0. The highest BCUT2D eigenvalue weighted by Crippen LogP contribution is 2.36. The summed E-state index contributed by atoms with van der Waals surface area (Å²) in [6.45, 7) is 0. The van der Waals surface area contributed by atoms with Crippen molar-refractivity contribution in [2.75, 3.05) is 0 Å². The third-order valence-electron chi connectivity index (χ3n) is 3.73. The van der Waals surface area contributed by atoms with Crippen molar-refractivity contribution in [3.05, 3.63) is 68.0 Å². The Labute approximate surface area is 122 Å². The topological polar surface area (TPSA) is 64.6 Å². The van der Waals surface area contributed by atoms with Crippen LogP contribution in [0, 0.1) is 10.1 Å². The second-order valence-electron chi connectivity index (χ2n) is 4.78. The molecule has 0 saturated carbocycles. The molecule has 0 unspecified atom stereocenters. The van der Waals surface area contributed by atoms with Crippen LogP contribution in [0.3, 0.4) is 0 Å². The molecule has 5 nitrogen and oxygen atoms in total. The first-order valence-corrected chi connectivity index (χ1v) is 6.60. The van der Waals surface area contributed by atoms with Crippen LogP contribution in [0.25, 0.3) is 27.2 Å². The number of para-hydroxylation sites is 2. The molecule has 0 radical (unpaired) electrons. The van der Waals surface area contributed by atoms with Crippen LogP contribution < -0.4 is 5.56 Å². The first kappa shape index (κ1) is 12.1. The molecule has 0 spiro atoms. The Hall–Kier alpha value is -2.66. The third-order valence-corrected chi connectivity index (χ3v) is 4.11. The van der Waals surface area contributed by atoms with Crippen molar-refractivity contribution < 1.29 is 4.92 Å². The summed E-state index contributed by atoms with van der Waals surface area (Å²) in [6, 6.07) is 12.7. The number of nitrogens with zero attached hydrogens (tertiary/aromatic N) is 2. The van der Waals surface area contributed by atoms with Crippen molar-refractivity contribution >= 4 is 44.5 Å². The van der Waals surface area contributed by atoms with Gasteiger partial charge in [-0.3, -0.25) is 19.3 Å². The summed E-state index contributed by atoms with van der Waals surface area (Å²) in [5, 5.41) is 13.3. The van der Waals surface area contributed by atoms with Crippen molar-refractivity contribution in [3.8, 4) is 0 Å². The number of halogens is 1. The minimum absolute atomic E-state index is 0.106. The van der Waals surface area contributed by atoms with Crippen LogP contribution in [-0.4, -0.2) is 9.32 Å². The van der Waals surface area contributed by atoms with Gasteiger partial charge in [0.25, 0.3) is 0 Å². The van der Waals surface area contributed by atoms with Gasteiger partial charge in [0.2, 0.25) is 0 Å². The molecule has 21 heavy (non-hydrogen) atoms. The van der Waals surface area contributed by atoms with Gasteiger partial charge in [-0.15, -0.1) is 0 Å². The number of nitro groups is 1. The Balaban J connectivity index is 2.49. The standard InChI is InChI=1S/C15H7ClN2O3/c16-12-10-6-3-5-9-8-4-1-2-7-11(8)17(13(9)10)15(19)14(12)18(20)21/h1-7H. The Morgan fingerprint density at radius 1 is 1.00 bits per heavy atom. The van der Waals surface area contributed by atoms with Gasteiger partial charge >= 0.3 is 11.2 Å². The van der Waals surface area contributed by atoms with Crippen molar-refractivity contribution in [2.45, 2.75) is 0 Å². The molecule has 0 aliphatic rings. The predicted molar refractivity (Wildman–Crippen MR) is 81.5 cm³/mol. The highest BCUT2D eigenvalue weighted by molar-refractivity contribution is 6.38. The molecule has 0 aliphatic heterocycles. The van der Waals surface area contributed by atoms with Gasteiger partial charge in [0, 0.05) is 16.2 Å². The fraction of sp³-hybridized carbons (Fsp3) is 0. The highest BCUT2D eigenvalue weighted by Gasteiger charge is 2.26. The second kappa shape index (κ2) is 3.93. The Bertz CT molecular complexity index is 1100. The largest absolute Gasteiger partial charge is 0.353 e. The first-order chi connectivity index (χ1) is 10.1. The number of rotatable bonds is 1. The van der Waals surface area contributed by atoms with Crippen LogP contribution in [0.2, 0.25) is 5.02 Å². The SMILES string of the molecule is O=c1c([N+](=O)[O-])c(Cl)c2cccc3c4ccccc4n1c23. The maximum Gasteiger partial charge on any atom is 0.353 e. The lowest BCUT2D eigenvalue weighted by Crippen LogP contribution is -2.17. The summed E-state index contributed by atoms with van der Waals surface area (Å²) < 4.78 is 1.38. The van der Waals surface area contributed by atoms with E-state index in [2.05, 4.69) is 0 Å². The Morgan fingerprint density at radius 2 is 1.67 bits per heavy atom. The number of fused-ring (bicyclic) bond motifs is 3. The normalized spacial score (nSPS) is 11.7. The second-order valence-corrected chi connectivity index (χ2v) is 5.16. The number of pyridine rings is 1. The number of benzene rings is 2. The van der Waals surface area contributed by atoms with Crippen molar-refractivity contribution in [1.29, 1.82) is 0 Å². The fourth-order valence-corrected chi connectivity index (χ4v) is 3.19. The van der Waals surface area contributed by atoms with E-state index < -0.39 is 16.2 Å². The molecule has 0 fully saturated rings. The van der Waals surface area contributed by atoms with Crippen molar-refractivity contribution in [3.63, 3.8) is 0 Å². The van der Waals surface area contributed by atoms with Crippen molar-refractivity contribution in [1.82, 2.24) is 4.40 Å². The van der Waals surface area contributed by atoms with Crippen LogP contribution in [0.5, 0.6) is 0 Å². The van der Waals surface area contributed by atoms with Gasteiger partial charge in [0.15, 0.2) is 0 Å². The van der Waals surface area contributed by atoms with E-state index in [1.807, 2.05) is 18.2 Å². The molecule has 4 rings (SSSR count). The average Bonchev–Trinajstić information content (AvgIpc) is 2.80. The highest BCUT2D eigenvalue weighted by atomic mass is 35.5. The molecule has 0 aliphatic carbocycles. The van der Waals surface area contributed by atoms with Crippen molar-refractivity contribution in [2.24, 2.45) is 0 Å². The Morgan fingerprint density at radius 3 is 2.43 bits per heavy atom. The predicted octanol–water partition coefficient (Wildman–Crippen LogP) is 3.61. The summed E-state index contributed by atoms with van der Waals surface area (Å²) in [5.74, 6) is 0. The quantitative estimate of drug-likeness (QED) is 0.398. The maximum absolute atomic E-state index is 12.5. The first-order valence-electron chi connectivity index (χ1n) is 6.22. The molecule has 0 atom stereocenters. The van der Waals surface area contributed by atoms with E-state index >= 15 is 0 Å². The number of hydrogen-bond donors (Lipinski definition) is 0.